The van der Waals surface area contributed by atoms with Crippen molar-refractivity contribution in [1.29, 1.82) is 0 Å². The lowest BCUT2D eigenvalue weighted by Gasteiger charge is -2.29. The van der Waals surface area contributed by atoms with Gasteiger partial charge in [-0.15, -0.1) is 0 Å². The number of primary amides is 1. The summed E-state index contributed by atoms with van der Waals surface area (Å²) in [5.41, 5.74) is 12.7. The first kappa shape index (κ1) is 18.9. The van der Waals surface area contributed by atoms with Gasteiger partial charge in [-0.3, -0.25) is 4.79 Å². The summed E-state index contributed by atoms with van der Waals surface area (Å²) in [5.74, 6) is -3.48. The molecule has 0 saturated carbocycles. The molecule has 2 atom stereocenters. The van der Waals surface area contributed by atoms with E-state index in [0.29, 0.717) is 36.8 Å². The van der Waals surface area contributed by atoms with Crippen LogP contribution in [0.1, 0.15) is 34.7 Å². The molecule has 2 aromatic rings. The van der Waals surface area contributed by atoms with E-state index in [4.69, 9.17) is 11.5 Å². The average Bonchev–Trinajstić information content (AvgIpc) is 2.64. The number of nitrogens with one attached hydrogen (secondary N) is 1. The number of allylic oxidation sites excluding steroid dienone is 1. The van der Waals surface area contributed by atoms with Gasteiger partial charge in [0.2, 0.25) is 5.91 Å². The summed E-state index contributed by atoms with van der Waals surface area (Å²) in [6.45, 7) is 0.476. The molecule has 1 aromatic heterocycles. The fourth-order valence-electron chi connectivity index (χ4n) is 3.17. The van der Waals surface area contributed by atoms with Crippen LogP contribution in [0, 0.1) is 17.5 Å². The smallest absolute Gasteiger partial charge is 0.250 e. The molecule has 0 bridgehead atoms. The molecule has 1 heterocycles. The van der Waals surface area contributed by atoms with E-state index in [1.54, 1.807) is 12.1 Å². The molecule has 0 aliphatic heterocycles. The van der Waals surface area contributed by atoms with E-state index in [0.717, 1.165) is 11.6 Å². The lowest BCUT2D eigenvalue weighted by Crippen LogP contribution is -2.33. The number of benzene rings is 1. The third kappa shape index (κ3) is 4.28. The van der Waals surface area contributed by atoms with Crippen LogP contribution in [-0.2, 0) is 0 Å². The highest BCUT2D eigenvalue weighted by atomic mass is 19.2. The Morgan fingerprint density at radius 3 is 2.56 bits per heavy atom. The van der Waals surface area contributed by atoms with E-state index < -0.39 is 35.3 Å². The van der Waals surface area contributed by atoms with Crippen molar-refractivity contribution in [3.63, 3.8) is 0 Å². The molecule has 8 heteroatoms. The Labute approximate surface area is 154 Å². The number of amides is 1. The van der Waals surface area contributed by atoms with Gasteiger partial charge < -0.3 is 16.8 Å². The fraction of sp³-hybridized carbons (Fsp3) is 0.263. The Bertz CT molecular complexity index is 883. The first-order valence-corrected chi connectivity index (χ1v) is 8.43. The van der Waals surface area contributed by atoms with E-state index in [-0.39, 0.29) is 5.56 Å². The molecule has 0 spiro atoms. The SMILES string of the molecule is NC(=O)c1ccc(NCC2=CC[C@@H](c3cc(F)c(F)cc3F)[C@H](N)C2)nc1. The number of nitrogens with zero attached hydrogens (tertiary/aromatic N) is 1. The standard InChI is InChI=1S/C19H19F3N4O/c20-14-7-16(22)15(21)6-13(14)12-3-1-10(5-17(12)23)8-25-18-4-2-11(9-26-18)19(24)27/h1-2,4,6-7,9,12,17H,3,5,8,23H2,(H2,24,27)(H,25,26)/t12-,17+/m0/s1. The van der Waals surface area contributed by atoms with Gasteiger partial charge in [-0.25, -0.2) is 18.2 Å². The predicted octanol–water partition coefficient (Wildman–Crippen LogP) is 2.84. The van der Waals surface area contributed by atoms with Gasteiger partial charge in [0, 0.05) is 30.8 Å². The zero-order valence-electron chi connectivity index (χ0n) is 14.4. The van der Waals surface area contributed by atoms with E-state index in [1.807, 2.05) is 6.08 Å². The molecule has 5 nitrogen and oxygen atoms in total. The monoisotopic (exact) mass is 376 g/mol. The molecule has 0 unspecified atom stereocenters. The summed E-state index contributed by atoms with van der Waals surface area (Å²) in [6, 6.07) is 4.23. The highest BCUT2D eigenvalue weighted by Gasteiger charge is 2.27. The Morgan fingerprint density at radius 2 is 1.93 bits per heavy atom. The molecule has 1 aromatic carbocycles. The Kier molecular flexibility index (Phi) is 5.46. The van der Waals surface area contributed by atoms with E-state index in [1.165, 1.54) is 6.20 Å². The van der Waals surface area contributed by atoms with E-state index >= 15 is 0 Å². The van der Waals surface area contributed by atoms with Gasteiger partial charge in [-0.2, -0.15) is 0 Å². The topological polar surface area (TPSA) is 94.0 Å². The number of carbonyl (C=O) groups is 1. The molecule has 0 saturated heterocycles. The summed E-state index contributed by atoms with van der Waals surface area (Å²) in [5, 5.41) is 3.11. The van der Waals surface area contributed by atoms with Crippen LogP contribution in [0.3, 0.4) is 0 Å². The van der Waals surface area contributed by atoms with Crippen molar-refractivity contribution in [3.05, 3.63) is 70.7 Å². The molecule has 1 amide bonds. The van der Waals surface area contributed by atoms with Crippen molar-refractivity contribution in [3.8, 4) is 0 Å². The molecular formula is C19H19F3N4O. The molecule has 0 fully saturated rings. The largest absolute Gasteiger partial charge is 0.366 e. The number of halogens is 3. The Hall–Kier alpha value is -2.87. The van der Waals surface area contributed by atoms with Gasteiger partial charge in [0.05, 0.1) is 5.56 Å². The number of hydrogen-bond donors (Lipinski definition) is 3. The van der Waals surface area contributed by atoms with Crippen LogP contribution in [0.5, 0.6) is 0 Å². The van der Waals surface area contributed by atoms with Gasteiger partial charge in [-0.05, 0) is 36.6 Å². The second-order valence-corrected chi connectivity index (χ2v) is 6.51. The second-order valence-electron chi connectivity index (χ2n) is 6.51. The van der Waals surface area contributed by atoms with Crippen LogP contribution in [0.2, 0.25) is 0 Å². The lowest BCUT2D eigenvalue weighted by atomic mass is 9.80. The first-order valence-electron chi connectivity index (χ1n) is 8.43. The summed E-state index contributed by atoms with van der Waals surface area (Å²) >= 11 is 0. The first-order chi connectivity index (χ1) is 12.8. The van der Waals surface area contributed by atoms with Crippen LogP contribution in [0.4, 0.5) is 19.0 Å². The molecule has 0 radical (unpaired) electrons. The number of hydrogen-bond acceptors (Lipinski definition) is 4. The summed E-state index contributed by atoms with van der Waals surface area (Å²) in [6.07, 6.45) is 4.21. The highest BCUT2D eigenvalue weighted by molar-refractivity contribution is 5.92. The highest BCUT2D eigenvalue weighted by Crippen LogP contribution is 2.33. The van der Waals surface area contributed by atoms with Crippen LogP contribution in [-0.4, -0.2) is 23.5 Å². The maximum atomic E-state index is 14.0. The molecule has 142 valence electrons. The summed E-state index contributed by atoms with van der Waals surface area (Å²) in [7, 11) is 0. The van der Waals surface area contributed by atoms with Crippen molar-refractivity contribution in [2.45, 2.75) is 24.8 Å². The minimum Gasteiger partial charge on any atom is -0.366 e. The zero-order chi connectivity index (χ0) is 19.6. The molecule has 27 heavy (non-hydrogen) atoms. The van der Waals surface area contributed by atoms with Crippen molar-refractivity contribution in [2.75, 3.05) is 11.9 Å². The lowest BCUT2D eigenvalue weighted by molar-refractivity contribution is 0.1000. The zero-order valence-corrected chi connectivity index (χ0v) is 14.4. The molecule has 1 aliphatic carbocycles. The quantitative estimate of drug-likeness (QED) is 0.552. The maximum Gasteiger partial charge on any atom is 0.250 e. The Balaban J connectivity index is 1.65. The van der Waals surface area contributed by atoms with Crippen molar-refractivity contribution >= 4 is 11.7 Å². The van der Waals surface area contributed by atoms with Crippen LogP contribution in [0.15, 0.2) is 42.1 Å². The number of aromatic nitrogens is 1. The minimum atomic E-state index is -1.21. The average molecular weight is 376 g/mol. The fourth-order valence-corrected chi connectivity index (χ4v) is 3.17. The number of nitrogens with two attached hydrogens (primary N) is 2. The van der Waals surface area contributed by atoms with Crippen LogP contribution >= 0.6 is 0 Å². The minimum absolute atomic E-state index is 0.0911. The van der Waals surface area contributed by atoms with Crippen molar-refractivity contribution < 1.29 is 18.0 Å². The second kappa shape index (κ2) is 7.79. The van der Waals surface area contributed by atoms with Crippen molar-refractivity contribution in [1.82, 2.24) is 4.98 Å². The number of pyridine rings is 1. The van der Waals surface area contributed by atoms with Gasteiger partial charge in [-0.1, -0.05) is 11.6 Å². The predicted molar refractivity (Wildman–Crippen MR) is 95.6 cm³/mol. The number of carbonyl (C=O) groups excluding carboxylic acids is 1. The van der Waals surface area contributed by atoms with Crippen LogP contribution < -0.4 is 16.8 Å². The third-order valence-electron chi connectivity index (χ3n) is 4.66. The maximum absolute atomic E-state index is 14.0. The summed E-state index contributed by atoms with van der Waals surface area (Å²) < 4.78 is 40.6. The normalized spacial score (nSPS) is 19.5. The van der Waals surface area contributed by atoms with E-state index in [9.17, 15) is 18.0 Å². The van der Waals surface area contributed by atoms with Gasteiger partial charge >= 0.3 is 0 Å². The Morgan fingerprint density at radius 1 is 1.19 bits per heavy atom. The number of anilines is 1. The summed E-state index contributed by atoms with van der Waals surface area (Å²) in [4.78, 5) is 15.1. The molecule has 1 aliphatic rings. The van der Waals surface area contributed by atoms with Gasteiger partial charge in [0.1, 0.15) is 11.6 Å². The molecule has 5 N–H and O–H groups in total. The van der Waals surface area contributed by atoms with Crippen molar-refractivity contribution in [2.24, 2.45) is 11.5 Å². The molecular weight excluding hydrogens is 357 g/mol. The van der Waals surface area contributed by atoms with Gasteiger partial charge in [0.25, 0.3) is 0 Å². The number of rotatable bonds is 5. The van der Waals surface area contributed by atoms with Crippen LogP contribution in [0.25, 0.3) is 0 Å². The van der Waals surface area contributed by atoms with E-state index in [2.05, 4.69) is 10.3 Å². The molecule has 3 rings (SSSR count). The third-order valence-corrected chi connectivity index (χ3v) is 4.66. The van der Waals surface area contributed by atoms with Gasteiger partial charge in [0.15, 0.2) is 11.6 Å².